The van der Waals surface area contributed by atoms with Gasteiger partial charge in [-0.25, -0.2) is 4.98 Å². The number of rotatable bonds is 3. The predicted molar refractivity (Wildman–Crippen MR) is 65.5 cm³/mol. The Balaban J connectivity index is 2.30. The smallest absolute Gasteiger partial charge is 0.119 e. The Labute approximate surface area is 103 Å². The molecule has 2 heterocycles. The zero-order valence-corrected chi connectivity index (χ0v) is 10.0. The minimum atomic E-state index is 0.481. The average molecular weight is 252 g/mol. The van der Waals surface area contributed by atoms with Crippen molar-refractivity contribution >= 4 is 23.4 Å². The topological polar surface area (TPSA) is 51.8 Å². The maximum atomic E-state index is 6.03. The standard InChI is InChI=1S/C11H10ClN3S/c12-9-2-1-4-15-11(9)16-10-7-14-5-3-8(10)6-13/h1-5,7H,6,13H2. The Kier molecular flexibility index (Phi) is 3.77. The second-order valence-corrected chi connectivity index (χ2v) is 4.52. The summed E-state index contributed by atoms with van der Waals surface area (Å²) in [5, 5.41) is 1.41. The van der Waals surface area contributed by atoms with Crippen molar-refractivity contribution in [1.82, 2.24) is 9.97 Å². The summed E-state index contributed by atoms with van der Waals surface area (Å²) in [4.78, 5) is 9.27. The monoisotopic (exact) mass is 251 g/mol. The molecule has 0 aliphatic rings. The van der Waals surface area contributed by atoms with Crippen LogP contribution in [0.2, 0.25) is 5.02 Å². The van der Waals surface area contributed by atoms with Gasteiger partial charge in [-0.3, -0.25) is 4.98 Å². The molecule has 0 bridgehead atoms. The number of aromatic nitrogens is 2. The van der Waals surface area contributed by atoms with Gasteiger partial charge >= 0.3 is 0 Å². The summed E-state index contributed by atoms with van der Waals surface area (Å²) in [5.41, 5.74) is 6.69. The summed E-state index contributed by atoms with van der Waals surface area (Å²) in [6.45, 7) is 0.481. The minimum absolute atomic E-state index is 0.481. The molecule has 0 saturated heterocycles. The molecular formula is C11H10ClN3S. The molecule has 0 aromatic carbocycles. The van der Waals surface area contributed by atoms with E-state index in [-0.39, 0.29) is 0 Å². The van der Waals surface area contributed by atoms with Crippen molar-refractivity contribution in [1.29, 1.82) is 0 Å². The summed E-state index contributed by atoms with van der Waals surface area (Å²) in [5.74, 6) is 0. The molecule has 0 spiro atoms. The van der Waals surface area contributed by atoms with Crippen LogP contribution in [0.15, 0.2) is 46.7 Å². The van der Waals surface area contributed by atoms with Crippen LogP contribution in [0.5, 0.6) is 0 Å². The van der Waals surface area contributed by atoms with E-state index in [9.17, 15) is 0 Å². The molecule has 0 aliphatic carbocycles. The van der Waals surface area contributed by atoms with Crippen LogP contribution < -0.4 is 5.73 Å². The Bertz CT molecular complexity index is 490. The van der Waals surface area contributed by atoms with E-state index < -0.39 is 0 Å². The highest BCUT2D eigenvalue weighted by molar-refractivity contribution is 7.99. The SMILES string of the molecule is NCc1ccncc1Sc1ncccc1Cl. The van der Waals surface area contributed by atoms with Crippen molar-refractivity contribution in [2.45, 2.75) is 16.5 Å². The number of hydrogen-bond acceptors (Lipinski definition) is 4. The third-order valence-corrected chi connectivity index (χ3v) is 3.54. The number of nitrogens with two attached hydrogens (primary N) is 1. The number of pyridine rings is 2. The van der Waals surface area contributed by atoms with Gasteiger partial charge in [0, 0.05) is 30.0 Å². The van der Waals surface area contributed by atoms with Gasteiger partial charge in [-0.05, 0) is 23.8 Å². The van der Waals surface area contributed by atoms with Crippen LogP contribution in [0.1, 0.15) is 5.56 Å². The molecule has 2 aromatic rings. The largest absolute Gasteiger partial charge is 0.326 e. The van der Waals surface area contributed by atoms with Crippen molar-refractivity contribution < 1.29 is 0 Å². The van der Waals surface area contributed by atoms with E-state index in [2.05, 4.69) is 9.97 Å². The highest BCUT2D eigenvalue weighted by Gasteiger charge is 2.06. The Morgan fingerprint density at radius 1 is 1.31 bits per heavy atom. The quantitative estimate of drug-likeness (QED) is 0.911. The molecule has 0 aliphatic heterocycles. The highest BCUT2D eigenvalue weighted by Crippen LogP contribution is 2.32. The van der Waals surface area contributed by atoms with E-state index in [1.807, 2.05) is 12.1 Å². The fourth-order valence-electron chi connectivity index (χ4n) is 1.22. The Hall–Kier alpha value is -1.10. The average Bonchev–Trinajstić information content (AvgIpc) is 2.33. The number of halogens is 1. The molecule has 16 heavy (non-hydrogen) atoms. The van der Waals surface area contributed by atoms with Crippen LogP contribution in [0.3, 0.4) is 0 Å². The van der Waals surface area contributed by atoms with Crippen LogP contribution >= 0.6 is 23.4 Å². The van der Waals surface area contributed by atoms with Gasteiger partial charge in [-0.2, -0.15) is 0 Å². The normalized spacial score (nSPS) is 10.4. The molecule has 2 rings (SSSR count). The van der Waals surface area contributed by atoms with Crippen LogP contribution in [0.4, 0.5) is 0 Å². The van der Waals surface area contributed by atoms with Crippen molar-refractivity contribution in [3.05, 3.63) is 47.4 Å². The summed E-state index contributed by atoms with van der Waals surface area (Å²) >= 11 is 7.51. The molecule has 82 valence electrons. The lowest BCUT2D eigenvalue weighted by Gasteiger charge is -2.06. The van der Waals surface area contributed by atoms with Crippen LogP contribution in [-0.2, 0) is 6.54 Å². The Morgan fingerprint density at radius 3 is 2.94 bits per heavy atom. The Morgan fingerprint density at radius 2 is 2.19 bits per heavy atom. The molecule has 3 nitrogen and oxygen atoms in total. The van der Waals surface area contributed by atoms with E-state index in [1.54, 1.807) is 24.7 Å². The number of nitrogens with zero attached hydrogens (tertiary/aromatic N) is 2. The molecule has 0 unspecified atom stereocenters. The van der Waals surface area contributed by atoms with E-state index in [0.717, 1.165) is 15.5 Å². The molecule has 0 radical (unpaired) electrons. The summed E-state index contributed by atoms with van der Waals surface area (Å²) < 4.78 is 0. The maximum absolute atomic E-state index is 6.03. The van der Waals surface area contributed by atoms with Gasteiger partial charge in [0.1, 0.15) is 5.03 Å². The van der Waals surface area contributed by atoms with Crippen molar-refractivity contribution in [2.24, 2.45) is 5.73 Å². The van der Waals surface area contributed by atoms with Crippen molar-refractivity contribution in [3.63, 3.8) is 0 Å². The zero-order chi connectivity index (χ0) is 11.4. The van der Waals surface area contributed by atoms with Gasteiger partial charge in [0.2, 0.25) is 0 Å². The molecule has 0 atom stereocenters. The van der Waals surface area contributed by atoms with Gasteiger partial charge in [0.05, 0.1) is 5.02 Å². The van der Waals surface area contributed by atoms with Crippen LogP contribution in [0, 0.1) is 0 Å². The second-order valence-electron chi connectivity index (χ2n) is 3.08. The van der Waals surface area contributed by atoms with E-state index in [0.29, 0.717) is 11.6 Å². The van der Waals surface area contributed by atoms with Gasteiger partial charge in [-0.15, -0.1) is 0 Å². The van der Waals surface area contributed by atoms with E-state index >= 15 is 0 Å². The van der Waals surface area contributed by atoms with E-state index in [1.165, 1.54) is 11.8 Å². The first-order valence-electron chi connectivity index (χ1n) is 4.72. The predicted octanol–water partition coefficient (Wildman–Crippen LogP) is 2.74. The van der Waals surface area contributed by atoms with Gasteiger partial charge in [-0.1, -0.05) is 23.4 Å². The van der Waals surface area contributed by atoms with Crippen molar-refractivity contribution in [3.8, 4) is 0 Å². The molecular weight excluding hydrogens is 242 g/mol. The maximum Gasteiger partial charge on any atom is 0.119 e. The van der Waals surface area contributed by atoms with Gasteiger partial charge < -0.3 is 5.73 Å². The molecule has 0 amide bonds. The highest BCUT2D eigenvalue weighted by atomic mass is 35.5. The summed E-state index contributed by atoms with van der Waals surface area (Å²) in [6.07, 6.45) is 5.22. The fourth-order valence-corrected chi connectivity index (χ4v) is 2.34. The third kappa shape index (κ3) is 2.52. The summed E-state index contributed by atoms with van der Waals surface area (Å²) in [6, 6.07) is 5.52. The second kappa shape index (κ2) is 5.30. The van der Waals surface area contributed by atoms with Crippen molar-refractivity contribution in [2.75, 3.05) is 0 Å². The first kappa shape index (κ1) is 11.4. The van der Waals surface area contributed by atoms with Crippen LogP contribution in [0.25, 0.3) is 0 Å². The first-order chi connectivity index (χ1) is 7.81. The lowest BCUT2D eigenvalue weighted by molar-refractivity contribution is 1.00. The molecule has 0 fully saturated rings. The molecule has 2 aromatic heterocycles. The fraction of sp³-hybridized carbons (Fsp3) is 0.0909. The minimum Gasteiger partial charge on any atom is -0.326 e. The lowest BCUT2D eigenvalue weighted by Crippen LogP contribution is -1.98. The lowest BCUT2D eigenvalue weighted by atomic mass is 10.3. The third-order valence-electron chi connectivity index (χ3n) is 2.02. The van der Waals surface area contributed by atoms with E-state index in [4.69, 9.17) is 17.3 Å². The van der Waals surface area contributed by atoms with Gasteiger partial charge in [0.25, 0.3) is 0 Å². The first-order valence-corrected chi connectivity index (χ1v) is 5.92. The van der Waals surface area contributed by atoms with Gasteiger partial charge in [0.15, 0.2) is 0 Å². The molecule has 0 saturated carbocycles. The molecule has 5 heteroatoms. The summed E-state index contributed by atoms with van der Waals surface area (Å²) in [7, 11) is 0. The number of hydrogen-bond donors (Lipinski definition) is 1. The zero-order valence-electron chi connectivity index (χ0n) is 8.43. The molecule has 2 N–H and O–H groups in total. The van der Waals surface area contributed by atoms with Crippen LogP contribution in [-0.4, -0.2) is 9.97 Å².